The number of unbranched alkanes of at least 4 members (excludes halogenated alkanes) is 1. The molecule has 0 radical (unpaired) electrons. The molecule has 9 heteroatoms. The molecule has 8 nitrogen and oxygen atoms in total. The van der Waals surface area contributed by atoms with Gasteiger partial charge in [-0.15, -0.1) is 0 Å². The van der Waals surface area contributed by atoms with E-state index in [0.717, 1.165) is 6.29 Å². The van der Waals surface area contributed by atoms with Gasteiger partial charge in [0.1, 0.15) is 24.5 Å². The number of ether oxygens (including phenoxy) is 2. The molecule has 228 valence electrons. The van der Waals surface area contributed by atoms with E-state index >= 15 is 0 Å². The number of hydrogen-bond donors (Lipinski definition) is 3. The number of likely N-dealkylation sites (N-methyl/N-ethyl adjacent to an activating group) is 1. The number of benzene rings is 2. The summed E-state index contributed by atoms with van der Waals surface area (Å²) in [6.45, 7) is 17.1. The molecule has 0 unspecified atom stereocenters. The largest absolute Gasteiger partial charge is 0.491 e. The van der Waals surface area contributed by atoms with Crippen molar-refractivity contribution in [2.24, 2.45) is 10.4 Å². The highest BCUT2D eigenvalue weighted by atomic mass is 19.1. The first-order chi connectivity index (χ1) is 19.5. The van der Waals surface area contributed by atoms with Crippen LogP contribution in [0.2, 0.25) is 0 Å². The van der Waals surface area contributed by atoms with Crippen molar-refractivity contribution in [2.75, 3.05) is 44.5 Å². The van der Waals surface area contributed by atoms with Crippen LogP contribution in [0.25, 0.3) is 5.70 Å². The van der Waals surface area contributed by atoms with E-state index in [1.54, 1.807) is 57.6 Å². The van der Waals surface area contributed by atoms with Crippen molar-refractivity contribution in [3.8, 4) is 5.75 Å². The molecule has 41 heavy (non-hydrogen) atoms. The molecule has 0 fully saturated rings. The van der Waals surface area contributed by atoms with Gasteiger partial charge in [0.2, 0.25) is 5.91 Å². The number of anilines is 2. The Bertz CT molecular complexity index is 1080. The third kappa shape index (κ3) is 17.0. The maximum absolute atomic E-state index is 14.8. The van der Waals surface area contributed by atoms with Crippen molar-refractivity contribution >= 4 is 41.2 Å². The lowest BCUT2D eigenvalue weighted by Gasteiger charge is -2.15. The second kappa shape index (κ2) is 21.2. The summed E-state index contributed by atoms with van der Waals surface area (Å²) in [5.41, 5.74) is 2.53. The molecule has 0 spiro atoms. The van der Waals surface area contributed by atoms with E-state index in [1.807, 2.05) is 20.8 Å². The molecule has 2 rings (SSSR count). The van der Waals surface area contributed by atoms with Crippen LogP contribution in [0.4, 0.5) is 21.5 Å². The van der Waals surface area contributed by atoms with Gasteiger partial charge >= 0.3 is 0 Å². The van der Waals surface area contributed by atoms with Gasteiger partial charge in [-0.2, -0.15) is 0 Å². The molecule has 0 heterocycles. The van der Waals surface area contributed by atoms with E-state index in [2.05, 4.69) is 41.4 Å². The van der Waals surface area contributed by atoms with E-state index in [-0.39, 0.29) is 23.4 Å². The van der Waals surface area contributed by atoms with Crippen LogP contribution in [0.1, 0.15) is 66.4 Å². The number of methoxy groups -OCH3 is 1. The summed E-state index contributed by atoms with van der Waals surface area (Å²) in [6.07, 6.45) is 5.83. The summed E-state index contributed by atoms with van der Waals surface area (Å²) in [5.74, 6) is -0.276. The summed E-state index contributed by atoms with van der Waals surface area (Å²) in [5, 5.41) is 8.63. The first kappa shape index (κ1) is 37.4. The fourth-order valence-corrected chi connectivity index (χ4v) is 2.92. The summed E-state index contributed by atoms with van der Waals surface area (Å²) < 4.78 is 25.3. The Kier molecular flexibility index (Phi) is 19.4. The third-order valence-corrected chi connectivity index (χ3v) is 5.17. The van der Waals surface area contributed by atoms with Crippen LogP contribution < -0.4 is 20.7 Å². The van der Waals surface area contributed by atoms with Gasteiger partial charge in [-0.1, -0.05) is 54.0 Å². The second-order valence-electron chi connectivity index (χ2n) is 10.2. The normalized spacial score (nSPS) is 10.6. The highest BCUT2D eigenvalue weighted by molar-refractivity contribution is 5.92. The molecule has 0 aliphatic rings. The minimum atomic E-state index is -0.501. The molecule has 2 aromatic carbocycles. The Morgan fingerprint density at radius 1 is 1.05 bits per heavy atom. The lowest BCUT2D eigenvalue weighted by Crippen LogP contribution is -2.24. The number of hydrogen-bond acceptors (Lipinski definition) is 7. The molecule has 0 aliphatic carbocycles. The standard InChI is InChI=1S/C22H27FN4O3.C6H12O.C4H10/c1-5-25-20-13-18(30-11-10-29-4)12-19(23)22(20)15(2)26-16-6-8-17(9-7-16)27-21(28)14-24-3;1-6(2,3)4-5-7;1-3-4-2/h5-9,12-13,24,26H,2,10-11,14H2,1,3-4H3,(H,27,28);5H,4H2,1-3H3;3-4H2,1-2H3. The Labute approximate surface area is 245 Å². The van der Waals surface area contributed by atoms with E-state index < -0.39 is 5.82 Å². The third-order valence-electron chi connectivity index (χ3n) is 5.17. The van der Waals surface area contributed by atoms with Crippen LogP contribution in [0.15, 0.2) is 48.0 Å². The van der Waals surface area contributed by atoms with E-state index in [0.29, 0.717) is 48.1 Å². The SMILES string of the molecule is C=C(Nc1ccc(NC(=O)CNC)cc1)c1c(F)cc(OCCOC)cc1N=CC.CC(C)(C)CC=O.CCCC. The maximum Gasteiger partial charge on any atom is 0.238 e. The molecule has 0 bridgehead atoms. The van der Waals surface area contributed by atoms with Crippen LogP contribution in [0.5, 0.6) is 5.75 Å². The van der Waals surface area contributed by atoms with Gasteiger partial charge in [0, 0.05) is 48.9 Å². The van der Waals surface area contributed by atoms with Crippen molar-refractivity contribution in [1.29, 1.82) is 0 Å². The van der Waals surface area contributed by atoms with Gasteiger partial charge in [-0.25, -0.2) is 4.39 Å². The zero-order valence-corrected chi connectivity index (χ0v) is 26.0. The molecule has 0 saturated carbocycles. The van der Waals surface area contributed by atoms with Crippen LogP contribution in [0.3, 0.4) is 0 Å². The molecule has 0 atom stereocenters. The number of halogens is 1. The van der Waals surface area contributed by atoms with Gasteiger partial charge in [0.05, 0.1) is 24.4 Å². The average Bonchev–Trinajstić information content (AvgIpc) is 2.90. The number of aldehydes is 1. The van der Waals surface area contributed by atoms with Gasteiger partial charge in [0.25, 0.3) is 0 Å². The topological polar surface area (TPSA) is 101 Å². The van der Waals surface area contributed by atoms with E-state index in [4.69, 9.17) is 9.47 Å². The molecule has 2 aromatic rings. The summed E-state index contributed by atoms with van der Waals surface area (Å²) in [7, 11) is 3.27. The van der Waals surface area contributed by atoms with Crippen LogP contribution in [-0.4, -0.2) is 52.3 Å². The van der Waals surface area contributed by atoms with Gasteiger partial charge < -0.3 is 30.2 Å². The molecule has 0 aliphatic heterocycles. The minimum Gasteiger partial charge on any atom is -0.491 e. The fraction of sp³-hybridized carbons (Fsp3) is 0.469. The van der Waals surface area contributed by atoms with Crippen molar-refractivity contribution in [3.63, 3.8) is 0 Å². The Morgan fingerprint density at radius 2 is 1.63 bits per heavy atom. The van der Waals surface area contributed by atoms with Crippen LogP contribution in [-0.2, 0) is 14.3 Å². The molecule has 1 amide bonds. The molecular formula is C32H49FN4O4. The number of nitrogens with one attached hydrogen (secondary N) is 3. The zero-order chi connectivity index (χ0) is 31.3. The molecular weight excluding hydrogens is 523 g/mol. The summed E-state index contributed by atoms with van der Waals surface area (Å²) in [6, 6.07) is 9.98. The van der Waals surface area contributed by atoms with Gasteiger partial charge in [0.15, 0.2) is 0 Å². The van der Waals surface area contributed by atoms with Crippen molar-refractivity contribution in [1.82, 2.24) is 5.32 Å². The number of carbonyl (C=O) groups is 2. The van der Waals surface area contributed by atoms with Gasteiger partial charge in [-0.3, -0.25) is 9.79 Å². The Balaban J connectivity index is 0.00000123. The molecule has 3 N–H and O–H groups in total. The first-order valence-corrected chi connectivity index (χ1v) is 13.8. The van der Waals surface area contributed by atoms with Crippen molar-refractivity contribution < 1.29 is 23.5 Å². The van der Waals surface area contributed by atoms with Gasteiger partial charge in [-0.05, 0) is 43.7 Å². The van der Waals surface area contributed by atoms with E-state index in [1.165, 1.54) is 18.9 Å². The van der Waals surface area contributed by atoms with Crippen LogP contribution in [0, 0.1) is 11.2 Å². The monoisotopic (exact) mass is 572 g/mol. The predicted octanol–water partition coefficient (Wildman–Crippen LogP) is 7.24. The zero-order valence-electron chi connectivity index (χ0n) is 26.0. The number of nitrogens with zero attached hydrogens (tertiary/aromatic N) is 1. The second-order valence-corrected chi connectivity index (χ2v) is 10.2. The number of amides is 1. The molecule has 0 saturated heterocycles. The average molecular weight is 573 g/mol. The van der Waals surface area contributed by atoms with Crippen molar-refractivity contribution in [3.05, 3.63) is 54.4 Å². The van der Waals surface area contributed by atoms with Crippen molar-refractivity contribution in [2.45, 2.75) is 60.8 Å². The maximum atomic E-state index is 14.8. The number of aliphatic imine (C=N–C) groups is 1. The number of carbonyl (C=O) groups excluding carboxylic acids is 2. The highest BCUT2D eigenvalue weighted by Crippen LogP contribution is 2.33. The first-order valence-electron chi connectivity index (χ1n) is 13.8. The smallest absolute Gasteiger partial charge is 0.238 e. The number of rotatable bonds is 13. The fourth-order valence-electron chi connectivity index (χ4n) is 2.92. The minimum absolute atomic E-state index is 0.139. The Morgan fingerprint density at radius 3 is 2.07 bits per heavy atom. The Hall–Kier alpha value is -3.56. The highest BCUT2D eigenvalue weighted by Gasteiger charge is 2.15. The lowest BCUT2D eigenvalue weighted by atomic mass is 9.93. The van der Waals surface area contributed by atoms with Crippen LogP contribution >= 0.6 is 0 Å². The predicted molar refractivity (Wildman–Crippen MR) is 170 cm³/mol. The lowest BCUT2D eigenvalue weighted by molar-refractivity contribution is -0.115. The quantitative estimate of drug-likeness (QED) is 0.133. The summed E-state index contributed by atoms with van der Waals surface area (Å²) in [4.78, 5) is 25.7. The van der Waals surface area contributed by atoms with E-state index in [9.17, 15) is 14.0 Å². The summed E-state index contributed by atoms with van der Waals surface area (Å²) >= 11 is 0. The molecule has 0 aromatic heterocycles.